The van der Waals surface area contributed by atoms with Gasteiger partial charge in [0.1, 0.15) is 0 Å². The van der Waals surface area contributed by atoms with E-state index >= 15 is 0 Å². The maximum absolute atomic E-state index is 12.8. The normalized spacial score (nSPS) is 11.0. The topological polar surface area (TPSA) is 29.1 Å². The summed E-state index contributed by atoms with van der Waals surface area (Å²) in [6.45, 7) is 0. The Balaban J connectivity index is 2.12. The first kappa shape index (κ1) is 13.6. The van der Waals surface area contributed by atoms with Gasteiger partial charge in [-0.2, -0.15) is 0 Å². The van der Waals surface area contributed by atoms with Gasteiger partial charge in [0.05, 0.1) is 7.11 Å². The van der Waals surface area contributed by atoms with E-state index in [2.05, 4.69) is 18.2 Å². The molecule has 4 aromatic carbocycles. The van der Waals surface area contributed by atoms with Gasteiger partial charge < -0.3 is 4.74 Å². The summed E-state index contributed by atoms with van der Waals surface area (Å²) in [6.07, 6.45) is 0. The van der Waals surface area contributed by atoms with Crippen LogP contribution < -0.4 is 4.74 Å². The Morgan fingerprint density at radius 2 is 1.35 bits per heavy atom. The van der Waals surface area contributed by atoms with Crippen molar-refractivity contribution < 1.29 is 9.84 Å². The molecule has 0 spiro atoms. The highest BCUT2D eigenvalue weighted by Gasteiger charge is 2.17. The molecule has 4 rings (SSSR count). The summed E-state index contributed by atoms with van der Waals surface area (Å²) >= 11 is 0. The molecule has 2 nitrogen and oxygen atoms in total. The molecule has 0 heterocycles. The van der Waals surface area contributed by atoms with E-state index in [0.29, 0.717) is 11.1 Å². The quantitative estimate of drug-likeness (QED) is 0.459. The third kappa shape index (κ3) is 2.11. The van der Waals surface area contributed by atoms with Gasteiger partial charge in [0.15, 0.2) is 5.75 Å². The molecule has 0 unspecified atom stereocenters. The Morgan fingerprint density at radius 3 is 2.13 bits per heavy atom. The van der Waals surface area contributed by atoms with E-state index in [-0.39, 0.29) is 5.75 Å². The molecule has 0 bridgehead atoms. The van der Waals surface area contributed by atoms with Crippen molar-refractivity contribution in [2.24, 2.45) is 0 Å². The maximum Gasteiger partial charge on any atom is 0.228 e. The van der Waals surface area contributed by atoms with Crippen LogP contribution in [0.1, 0.15) is 0 Å². The summed E-state index contributed by atoms with van der Waals surface area (Å²) in [6, 6.07) is 24.0. The van der Waals surface area contributed by atoms with E-state index in [0.717, 1.165) is 27.3 Å². The van der Waals surface area contributed by atoms with Crippen molar-refractivity contribution in [1.29, 1.82) is 0 Å². The third-order valence-corrected chi connectivity index (χ3v) is 4.24. The molecule has 1 radical (unpaired) electrons. The minimum Gasteiger partial charge on any atom is -0.492 e. The molecule has 0 N–H and O–H groups in total. The van der Waals surface area contributed by atoms with Crippen LogP contribution in [0.4, 0.5) is 0 Å². The molecule has 0 fully saturated rings. The van der Waals surface area contributed by atoms with Gasteiger partial charge >= 0.3 is 0 Å². The van der Waals surface area contributed by atoms with Crippen LogP contribution in [0, 0.1) is 0 Å². The molecular weight excluding hydrogens is 284 g/mol. The van der Waals surface area contributed by atoms with E-state index in [1.807, 2.05) is 54.6 Å². The first-order chi connectivity index (χ1) is 11.3. The molecule has 4 aromatic rings. The summed E-state index contributed by atoms with van der Waals surface area (Å²) in [4.78, 5) is 0. The average Bonchev–Trinajstić information content (AvgIpc) is 2.61. The van der Waals surface area contributed by atoms with Gasteiger partial charge in [0.25, 0.3) is 0 Å². The minimum atomic E-state index is -0.0615. The third-order valence-electron chi connectivity index (χ3n) is 4.24. The van der Waals surface area contributed by atoms with Gasteiger partial charge in [-0.3, -0.25) is 5.11 Å². The van der Waals surface area contributed by atoms with E-state index in [1.54, 1.807) is 7.11 Å². The van der Waals surface area contributed by atoms with Crippen LogP contribution in [0.15, 0.2) is 72.8 Å². The molecule has 0 saturated carbocycles. The van der Waals surface area contributed by atoms with Gasteiger partial charge in [0.2, 0.25) is 5.75 Å². The highest BCUT2D eigenvalue weighted by molar-refractivity contribution is 6.03. The van der Waals surface area contributed by atoms with Crippen molar-refractivity contribution >= 4 is 21.5 Å². The van der Waals surface area contributed by atoms with Crippen LogP contribution in [0.2, 0.25) is 0 Å². The lowest BCUT2D eigenvalue weighted by atomic mass is 9.95. The van der Waals surface area contributed by atoms with E-state index in [1.165, 1.54) is 0 Å². The number of fused-ring (bicyclic) bond motifs is 2. The number of benzene rings is 4. The maximum atomic E-state index is 12.8. The van der Waals surface area contributed by atoms with Crippen molar-refractivity contribution in [3.05, 3.63) is 72.8 Å². The molecule has 0 aliphatic heterocycles. The molecule has 0 aliphatic carbocycles. The number of ether oxygens (including phenoxy) is 1. The number of methoxy groups -OCH3 is 1. The molecule has 2 heteroatoms. The Kier molecular flexibility index (Phi) is 3.16. The largest absolute Gasteiger partial charge is 0.492 e. The van der Waals surface area contributed by atoms with Crippen molar-refractivity contribution in [2.45, 2.75) is 0 Å². The second kappa shape index (κ2) is 5.33. The second-order valence-corrected chi connectivity index (χ2v) is 5.53. The monoisotopic (exact) mass is 299 g/mol. The standard InChI is InChI=1S/C21H15O2/c1-23-21-19(13-15-8-3-5-11-17(15)20(21)22)18-12-6-9-14-7-2-4-10-16(14)18/h2-13H,1H3. The molecule has 0 saturated heterocycles. The lowest BCUT2D eigenvalue weighted by Crippen LogP contribution is -1.90. The lowest BCUT2D eigenvalue weighted by molar-refractivity contribution is 0.321. The molecule has 0 aliphatic rings. The molecule has 0 aromatic heterocycles. The fourth-order valence-electron chi connectivity index (χ4n) is 3.16. The van der Waals surface area contributed by atoms with Gasteiger partial charge in [-0.05, 0) is 27.8 Å². The van der Waals surface area contributed by atoms with Crippen molar-refractivity contribution in [3.63, 3.8) is 0 Å². The molecule has 0 amide bonds. The molecule has 111 valence electrons. The van der Waals surface area contributed by atoms with E-state index < -0.39 is 0 Å². The minimum absolute atomic E-state index is 0.0615. The average molecular weight is 299 g/mol. The Morgan fingerprint density at radius 1 is 0.696 bits per heavy atom. The number of rotatable bonds is 2. The van der Waals surface area contributed by atoms with Crippen LogP contribution in [0.25, 0.3) is 32.7 Å². The van der Waals surface area contributed by atoms with Crippen molar-refractivity contribution in [2.75, 3.05) is 7.11 Å². The van der Waals surface area contributed by atoms with Crippen LogP contribution in [-0.2, 0) is 5.11 Å². The zero-order valence-corrected chi connectivity index (χ0v) is 12.7. The highest BCUT2D eigenvalue weighted by atomic mass is 16.5. The summed E-state index contributed by atoms with van der Waals surface area (Å²) in [5, 5.41) is 16.6. The van der Waals surface area contributed by atoms with Crippen molar-refractivity contribution in [1.82, 2.24) is 0 Å². The zero-order chi connectivity index (χ0) is 15.8. The predicted molar refractivity (Wildman–Crippen MR) is 93.6 cm³/mol. The van der Waals surface area contributed by atoms with Gasteiger partial charge in [-0.1, -0.05) is 66.7 Å². The van der Waals surface area contributed by atoms with Crippen LogP contribution in [-0.4, -0.2) is 7.11 Å². The van der Waals surface area contributed by atoms with E-state index in [9.17, 15) is 5.11 Å². The Labute approximate surface area is 134 Å². The van der Waals surface area contributed by atoms with Crippen LogP contribution in [0.5, 0.6) is 11.5 Å². The van der Waals surface area contributed by atoms with Crippen LogP contribution in [0.3, 0.4) is 0 Å². The van der Waals surface area contributed by atoms with Gasteiger partial charge in [-0.25, -0.2) is 0 Å². The van der Waals surface area contributed by atoms with E-state index in [4.69, 9.17) is 4.74 Å². The van der Waals surface area contributed by atoms with Crippen LogP contribution >= 0.6 is 0 Å². The number of hydrogen-bond acceptors (Lipinski definition) is 1. The summed E-state index contributed by atoms with van der Waals surface area (Å²) < 4.78 is 5.48. The molecular formula is C21H15O2. The molecule has 0 atom stereocenters. The summed E-state index contributed by atoms with van der Waals surface area (Å²) in [5.41, 5.74) is 1.86. The summed E-state index contributed by atoms with van der Waals surface area (Å²) in [5.74, 6) is 0.341. The smallest absolute Gasteiger partial charge is 0.228 e. The number of hydrogen-bond donors (Lipinski definition) is 0. The zero-order valence-electron chi connectivity index (χ0n) is 12.7. The van der Waals surface area contributed by atoms with Crippen molar-refractivity contribution in [3.8, 4) is 22.6 Å². The SMILES string of the molecule is COc1c(-c2cccc3ccccc23)cc2ccccc2c1[O]. The summed E-state index contributed by atoms with van der Waals surface area (Å²) in [7, 11) is 1.56. The highest BCUT2D eigenvalue weighted by Crippen LogP contribution is 2.45. The van der Waals surface area contributed by atoms with Gasteiger partial charge in [0, 0.05) is 10.9 Å². The fraction of sp³-hybridized carbons (Fsp3) is 0.0476. The first-order valence-corrected chi connectivity index (χ1v) is 7.54. The lowest BCUT2D eigenvalue weighted by Gasteiger charge is -2.14. The Hall–Kier alpha value is -3.00. The van der Waals surface area contributed by atoms with Gasteiger partial charge in [-0.15, -0.1) is 0 Å². The fourth-order valence-corrected chi connectivity index (χ4v) is 3.16. The predicted octanol–water partition coefficient (Wildman–Crippen LogP) is 5.81. The molecule has 23 heavy (non-hydrogen) atoms. The second-order valence-electron chi connectivity index (χ2n) is 5.53. The Bertz CT molecular complexity index is 1010. The first-order valence-electron chi connectivity index (χ1n) is 7.54.